The SMILES string of the molecule is O=CNCCCCNc1nc2ccccc2o1. The van der Waals surface area contributed by atoms with E-state index in [2.05, 4.69) is 15.6 Å². The lowest BCUT2D eigenvalue weighted by molar-refractivity contribution is -0.109. The van der Waals surface area contributed by atoms with Gasteiger partial charge in [0.05, 0.1) is 0 Å². The molecular weight excluding hydrogens is 218 g/mol. The van der Waals surface area contributed by atoms with Crippen molar-refractivity contribution >= 4 is 23.5 Å². The van der Waals surface area contributed by atoms with Crippen LogP contribution in [0.5, 0.6) is 0 Å². The molecule has 0 unspecified atom stereocenters. The number of nitrogens with zero attached hydrogens (tertiary/aromatic N) is 1. The summed E-state index contributed by atoms with van der Waals surface area (Å²) in [5.74, 6) is 0. The van der Waals surface area contributed by atoms with E-state index in [1.807, 2.05) is 24.3 Å². The molecule has 0 saturated carbocycles. The second kappa shape index (κ2) is 5.89. The molecule has 0 fully saturated rings. The van der Waals surface area contributed by atoms with Crippen LogP contribution >= 0.6 is 0 Å². The van der Waals surface area contributed by atoms with Gasteiger partial charge < -0.3 is 15.1 Å². The van der Waals surface area contributed by atoms with Crippen molar-refractivity contribution in [3.63, 3.8) is 0 Å². The minimum atomic E-state index is 0.551. The van der Waals surface area contributed by atoms with Gasteiger partial charge in [-0.15, -0.1) is 0 Å². The number of para-hydroxylation sites is 2. The molecule has 5 nitrogen and oxygen atoms in total. The molecule has 0 saturated heterocycles. The van der Waals surface area contributed by atoms with Gasteiger partial charge in [0.25, 0.3) is 6.01 Å². The Balaban J connectivity index is 1.77. The highest BCUT2D eigenvalue weighted by atomic mass is 16.4. The summed E-state index contributed by atoms with van der Waals surface area (Å²) in [6.45, 7) is 1.49. The van der Waals surface area contributed by atoms with Crippen LogP contribution in [0.1, 0.15) is 12.8 Å². The lowest BCUT2D eigenvalue weighted by Gasteiger charge is -2.00. The van der Waals surface area contributed by atoms with Gasteiger partial charge in [0, 0.05) is 13.1 Å². The maximum absolute atomic E-state index is 10.0. The zero-order valence-corrected chi connectivity index (χ0v) is 9.48. The van der Waals surface area contributed by atoms with Crippen LogP contribution in [0.25, 0.3) is 11.1 Å². The summed E-state index contributed by atoms with van der Waals surface area (Å²) in [4.78, 5) is 14.3. The average molecular weight is 233 g/mol. The molecule has 17 heavy (non-hydrogen) atoms. The maximum atomic E-state index is 10.0. The van der Waals surface area contributed by atoms with Crippen molar-refractivity contribution in [2.75, 3.05) is 18.4 Å². The van der Waals surface area contributed by atoms with E-state index in [0.717, 1.165) is 30.5 Å². The smallest absolute Gasteiger partial charge is 0.295 e. The molecule has 1 aromatic carbocycles. The number of oxazole rings is 1. The molecular formula is C12H15N3O2. The fourth-order valence-electron chi connectivity index (χ4n) is 1.55. The number of benzene rings is 1. The van der Waals surface area contributed by atoms with Crippen LogP contribution in [-0.4, -0.2) is 24.5 Å². The molecule has 0 spiro atoms. The molecule has 0 aliphatic rings. The van der Waals surface area contributed by atoms with Gasteiger partial charge in [-0.05, 0) is 25.0 Å². The highest BCUT2D eigenvalue weighted by Crippen LogP contribution is 2.17. The van der Waals surface area contributed by atoms with Crippen molar-refractivity contribution in [1.82, 2.24) is 10.3 Å². The second-order valence-electron chi connectivity index (χ2n) is 3.69. The molecule has 90 valence electrons. The van der Waals surface area contributed by atoms with E-state index in [0.29, 0.717) is 19.0 Å². The summed E-state index contributed by atoms with van der Waals surface area (Å²) < 4.78 is 5.50. The van der Waals surface area contributed by atoms with Crippen molar-refractivity contribution < 1.29 is 9.21 Å². The van der Waals surface area contributed by atoms with Crippen LogP contribution in [0.4, 0.5) is 6.01 Å². The lowest BCUT2D eigenvalue weighted by atomic mass is 10.3. The zero-order chi connectivity index (χ0) is 11.9. The predicted octanol–water partition coefficient (Wildman–Crippen LogP) is 1.77. The number of anilines is 1. The number of amides is 1. The Morgan fingerprint density at radius 2 is 2.06 bits per heavy atom. The van der Waals surface area contributed by atoms with E-state index in [1.54, 1.807) is 0 Å². The monoisotopic (exact) mass is 233 g/mol. The normalized spacial score (nSPS) is 10.4. The molecule has 1 amide bonds. The minimum absolute atomic E-state index is 0.551. The number of unbranched alkanes of at least 4 members (excludes halogenated alkanes) is 1. The quantitative estimate of drug-likeness (QED) is 0.565. The molecule has 0 bridgehead atoms. The maximum Gasteiger partial charge on any atom is 0.295 e. The van der Waals surface area contributed by atoms with Gasteiger partial charge in [-0.1, -0.05) is 12.1 Å². The largest absolute Gasteiger partial charge is 0.424 e. The van der Waals surface area contributed by atoms with Crippen LogP contribution in [0, 0.1) is 0 Å². The summed E-state index contributed by atoms with van der Waals surface area (Å²) in [7, 11) is 0. The number of hydrogen-bond donors (Lipinski definition) is 2. The van der Waals surface area contributed by atoms with Crippen LogP contribution in [0.15, 0.2) is 28.7 Å². The van der Waals surface area contributed by atoms with Crippen molar-refractivity contribution in [2.24, 2.45) is 0 Å². The summed E-state index contributed by atoms with van der Waals surface area (Å²) >= 11 is 0. The number of carbonyl (C=O) groups excluding carboxylic acids is 1. The average Bonchev–Trinajstić information content (AvgIpc) is 2.76. The van der Waals surface area contributed by atoms with Crippen molar-refractivity contribution in [3.05, 3.63) is 24.3 Å². The fourth-order valence-corrected chi connectivity index (χ4v) is 1.55. The molecule has 0 radical (unpaired) electrons. The standard InChI is InChI=1S/C12H15N3O2/c16-9-13-7-3-4-8-14-12-15-10-5-1-2-6-11(10)17-12/h1-2,5-6,9H,3-4,7-8H2,(H,13,16)(H,14,15). The number of carbonyl (C=O) groups is 1. The molecule has 1 aromatic heterocycles. The first-order valence-electron chi connectivity index (χ1n) is 5.66. The molecule has 1 heterocycles. The third-order valence-corrected chi connectivity index (χ3v) is 2.40. The van der Waals surface area contributed by atoms with Gasteiger partial charge in [-0.3, -0.25) is 4.79 Å². The third-order valence-electron chi connectivity index (χ3n) is 2.40. The van der Waals surface area contributed by atoms with E-state index in [-0.39, 0.29) is 0 Å². The first-order valence-corrected chi connectivity index (χ1v) is 5.66. The van der Waals surface area contributed by atoms with Crippen molar-refractivity contribution in [2.45, 2.75) is 12.8 Å². The number of nitrogens with one attached hydrogen (secondary N) is 2. The van der Waals surface area contributed by atoms with Gasteiger partial charge in [0.2, 0.25) is 6.41 Å². The van der Waals surface area contributed by atoms with Gasteiger partial charge in [-0.2, -0.15) is 4.98 Å². The molecule has 0 aliphatic heterocycles. The first kappa shape index (κ1) is 11.4. The minimum Gasteiger partial charge on any atom is -0.424 e. The number of hydrogen-bond acceptors (Lipinski definition) is 4. The predicted molar refractivity (Wildman–Crippen MR) is 65.8 cm³/mol. The zero-order valence-electron chi connectivity index (χ0n) is 9.48. The second-order valence-corrected chi connectivity index (χ2v) is 3.69. The Labute approximate surface area is 99.2 Å². The molecule has 2 aromatic rings. The molecule has 2 N–H and O–H groups in total. The first-order chi connectivity index (χ1) is 8.40. The summed E-state index contributed by atoms with van der Waals surface area (Å²) in [5.41, 5.74) is 1.65. The van der Waals surface area contributed by atoms with E-state index in [4.69, 9.17) is 4.42 Å². The van der Waals surface area contributed by atoms with Gasteiger partial charge in [0.1, 0.15) is 5.52 Å². The highest BCUT2D eigenvalue weighted by Gasteiger charge is 2.02. The van der Waals surface area contributed by atoms with Crippen LogP contribution in [-0.2, 0) is 4.79 Å². The van der Waals surface area contributed by atoms with Crippen LogP contribution in [0.2, 0.25) is 0 Å². The molecule has 2 rings (SSSR count). The summed E-state index contributed by atoms with van der Waals surface area (Å²) in [5, 5.41) is 5.74. The van der Waals surface area contributed by atoms with Gasteiger partial charge in [0.15, 0.2) is 5.58 Å². The Bertz CT molecular complexity index is 448. The number of fused-ring (bicyclic) bond motifs is 1. The Hall–Kier alpha value is -2.04. The summed E-state index contributed by atoms with van der Waals surface area (Å²) in [6.07, 6.45) is 2.61. The lowest BCUT2D eigenvalue weighted by Crippen LogP contribution is -2.13. The number of rotatable bonds is 7. The van der Waals surface area contributed by atoms with E-state index >= 15 is 0 Å². The Kier molecular flexibility index (Phi) is 3.96. The highest BCUT2D eigenvalue weighted by molar-refractivity contribution is 5.74. The molecule has 5 heteroatoms. The topological polar surface area (TPSA) is 67.2 Å². The third kappa shape index (κ3) is 3.21. The van der Waals surface area contributed by atoms with Crippen molar-refractivity contribution in [1.29, 1.82) is 0 Å². The summed E-state index contributed by atoms with van der Waals surface area (Å²) in [6, 6.07) is 8.20. The fraction of sp³-hybridized carbons (Fsp3) is 0.333. The van der Waals surface area contributed by atoms with E-state index in [9.17, 15) is 4.79 Å². The van der Waals surface area contributed by atoms with Gasteiger partial charge >= 0.3 is 0 Å². The molecule has 0 atom stereocenters. The van der Waals surface area contributed by atoms with Crippen molar-refractivity contribution in [3.8, 4) is 0 Å². The van der Waals surface area contributed by atoms with E-state index < -0.39 is 0 Å². The van der Waals surface area contributed by atoms with E-state index in [1.165, 1.54) is 0 Å². The Morgan fingerprint density at radius 3 is 2.88 bits per heavy atom. The Morgan fingerprint density at radius 1 is 1.24 bits per heavy atom. The van der Waals surface area contributed by atoms with Crippen LogP contribution < -0.4 is 10.6 Å². The van der Waals surface area contributed by atoms with Gasteiger partial charge in [-0.25, -0.2) is 0 Å². The number of aromatic nitrogens is 1. The molecule has 0 aliphatic carbocycles. The van der Waals surface area contributed by atoms with Crippen LogP contribution in [0.3, 0.4) is 0 Å².